The molecule has 0 bridgehead atoms. The molecule has 2 aromatic rings. The first-order valence-electron chi connectivity index (χ1n) is 9.33. The van der Waals surface area contributed by atoms with Crippen LogP contribution in [0.15, 0.2) is 28.7 Å². The normalized spacial score (nSPS) is 18.1. The maximum absolute atomic E-state index is 4.41. The van der Waals surface area contributed by atoms with Gasteiger partial charge in [0.15, 0.2) is 5.96 Å². The van der Waals surface area contributed by atoms with E-state index in [4.69, 9.17) is 0 Å². The highest BCUT2D eigenvalue weighted by atomic mass is 127. The van der Waals surface area contributed by atoms with E-state index in [2.05, 4.69) is 49.9 Å². The van der Waals surface area contributed by atoms with Gasteiger partial charge in [-0.25, -0.2) is 4.98 Å². The Bertz CT molecular complexity index is 686. The minimum atomic E-state index is 0. The number of nitrogens with zero attached hydrogens (tertiary/aromatic N) is 3. The fraction of sp³-hybridized carbons (Fsp3) is 0.579. The quantitative estimate of drug-likeness (QED) is 0.333. The van der Waals surface area contributed by atoms with Gasteiger partial charge in [0, 0.05) is 55.6 Å². The highest BCUT2D eigenvalue weighted by Crippen LogP contribution is 2.20. The minimum Gasteiger partial charge on any atom is -0.356 e. The Kier molecular flexibility index (Phi) is 10.0. The predicted molar refractivity (Wildman–Crippen MR) is 128 cm³/mol. The third kappa shape index (κ3) is 7.67. The van der Waals surface area contributed by atoms with Gasteiger partial charge in [-0.05, 0) is 43.7 Å². The third-order valence-electron chi connectivity index (χ3n) is 4.64. The lowest BCUT2D eigenvalue weighted by Crippen LogP contribution is -2.44. The van der Waals surface area contributed by atoms with Crippen molar-refractivity contribution < 1.29 is 0 Å². The number of aromatic nitrogens is 1. The lowest BCUT2D eigenvalue weighted by Gasteiger charge is -2.32. The summed E-state index contributed by atoms with van der Waals surface area (Å²) in [7, 11) is 1.84. The fourth-order valence-electron chi connectivity index (χ4n) is 3.35. The zero-order valence-electron chi connectivity index (χ0n) is 16.1. The van der Waals surface area contributed by atoms with E-state index in [0.717, 1.165) is 32.0 Å². The van der Waals surface area contributed by atoms with Gasteiger partial charge in [-0.3, -0.25) is 9.89 Å². The predicted octanol–water partition coefficient (Wildman–Crippen LogP) is 3.75. The average Bonchev–Trinajstić information content (AvgIpc) is 3.30. The van der Waals surface area contributed by atoms with Gasteiger partial charge in [0.2, 0.25) is 0 Å². The number of nitrogens with one attached hydrogen (secondary N) is 2. The first-order chi connectivity index (χ1) is 12.7. The van der Waals surface area contributed by atoms with Crippen molar-refractivity contribution in [2.45, 2.75) is 32.7 Å². The van der Waals surface area contributed by atoms with Crippen LogP contribution in [0.4, 0.5) is 0 Å². The number of thiophene rings is 1. The first-order valence-corrected chi connectivity index (χ1v) is 11.0. The number of hydrogen-bond donors (Lipinski definition) is 2. The number of guanidine groups is 1. The lowest BCUT2D eigenvalue weighted by atomic mass is 9.98. The number of likely N-dealkylation sites (tertiary alicyclic amines) is 1. The van der Waals surface area contributed by atoms with E-state index in [1.807, 2.05) is 24.6 Å². The van der Waals surface area contributed by atoms with Gasteiger partial charge in [-0.1, -0.05) is 6.07 Å². The second-order valence-corrected chi connectivity index (χ2v) is 9.17. The van der Waals surface area contributed by atoms with Crippen LogP contribution in [0.25, 0.3) is 0 Å². The topological polar surface area (TPSA) is 52.6 Å². The SMILES string of the molecule is CN=C(NCCc1ncc(C)s1)NCC1CCCN(Cc2cccs2)C1.I. The highest BCUT2D eigenvalue weighted by Gasteiger charge is 2.20. The molecule has 2 aromatic heterocycles. The Hall–Kier alpha value is -0.710. The molecule has 0 aliphatic carbocycles. The number of aliphatic imine (C=N–C) groups is 1. The highest BCUT2D eigenvalue weighted by molar-refractivity contribution is 14.0. The molecular formula is C19H30IN5S2. The lowest BCUT2D eigenvalue weighted by molar-refractivity contribution is 0.169. The molecule has 0 aromatic carbocycles. The second-order valence-electron chi connectivity index (χ2n) is 6.82. The van der Waals surface area contributed by atoms with Crippen LogP contribution in [0.5, 0.6) is 0 Å². The van der Waals surface area contributed by atoms with Crippen molar-refractivity contribution in [3.8, 4) is 0 Å². The van der Waals surface area contributed by atoms with Gasteiger partial charge in [0.25, 0.3) is 0 Å². The van der Waals surface area contributed by atoms with E-state index in [9.17, 15) is 0 Å². The summed E-state index contributed by atoms with van der Waals surface area (Å²) in [5.41, 5.74) is 0. The molecule has 150 valence electrons. The summed E-state index contributed by atoms with van der Waals surface area (Å²) in [5.74, 6) is 1.58. The Labute approximate surface area is 187 Å². The molecule has 0 spiro atoms. The molecule has 0 saturated carbocycles. The Balaban J connectivity index is 0.00000261. The summed E-state index contributed by atoms with van der Waals surface area (Å²) in [6.45, 7) is 7.42. The average molecular weight is 520 g/mol. The van der Waals surface area contributed by atoms with Gasteiger partial charge in [-0.2, -0.15) is 0 Å². The number of hydrogen-bond acceptors (Lipinski definition) is 5. The first kappa shape index (κ1) is 22.6. The molecule has 0 radical (unpaired) electrons. The molecule has 27 heavy (non-hydrogen) atoms. The summed E-state index contributed by atoms with van der Waals surface area (Å²) in [4.78, 5) is 14.1. The van der Waals surface area contributed by atoms with Gasteiger partial charge in [0.05, 0.1) is 5.01 Å². The molecule has 1 atom stereocenters. The Morgan fingerprint density at radius 1 is 1.41 bits per heavy atom. The van der Waals surface area contributed by atoms with E-state index in [1.54, 1.807) is 11.3 Å². The summed E-state index contributed by atoms with van der Waals surface area (Å²) in [5, 5.41) is 10.3. The standard InChI is InChI=1S/C19H29N5S2.HI/c1-15-11-22-18(26-15)7-8-21-19(20-2)23-12-16-5-3-9-24(13-16)14-17-6-4-10-25-17;/h4,6,10-11,16H,3,5,7-9,12-14H2,1-2H3,(H2,20,21,23);1H. The maximum atomic E-state index is 4.41. The van der Waals surface area contributed by atoms with Crippen molar-refractivity contribution >= 4 is 52.6 Å². The van der Waals surface area contributed by atoms with E-state index >= 15 is 0 Å². The van der Waals surface area contributed by atoms with Crippen LogP contribution < -0.4 is 10.6 Å². The van der Waals surface area contributed by atoms with Crippen molar-refractivity contribution in [2.75, 3.05) is 33.2 Å². The van der Waals surface area contributed by atoms with Crippen molar-refractivity contribution in [2.24, 2.45) is 10.9 Å². The Morgan fingerprint density at radius 2 is 2.30 bits per heavy atom. The van der Waals surface area contributed by atoms with Gasteiger partial charge in [-0.15, -0.1) is 46.7 Å². The molecule has 8 heteroatoms. The molecule has 1 unspecified atom stereocenters. The van der Waals surface area contributed by atoms with Crippen molar-refractivity contribution in [3.63, 3.8) is 0 Å². The monoisotopic (exact) mass is 519 g/mol. The van der Waals surface area contributed by atoms with Crippen LogP contribution in [0, 0.1) is 12.8 Å². The fourth-order valence-corrected chi connectivity index (χ4v) is 4.88. The smallest absolute Gasteiger partial charge is 0.191 e. The molecule has 1 saturated heterocycles. The van der Waals surface area contributed by atoms with Gasteiger partial charge < -0.3 is 10.6 Å². The van der Waals surface area contributed by atoms with Crippen molar-refractivity contribution in [3.05, 3.63) is 38.5 Å². The number of halogens is 1. The summed E-state index contributed by atoms with van der Waals surface area (Å²) < 4.78 is 0. The number of piperidine rings is 1. The molecule has 5 nitrogen and oxygen atoms in total. The summed E-state index contributed by atoms with van der Waals surface area (Å²) in [6.07, 6.45) is 5.46. The summed E-state index contributed by atoms with van der Waals surface area (Å²) >= 11 is 3.63. The molecule has 1 aliphatic heterocycles. The van der Waals surface area contributed by atoms with E-state index in [1.165, 1.54) is 40.7 Å². The van der Waals surface area contributed by atoms with E-state index in [0.29, 0.717) is 5.92 Å². The number of aryl methyl sites for hydroxylation is 1. The van der Waals surface area contributed by atoms with E-state index < -0.39 is 0 Å². The molecule has 0 amide bonds. The zero-order valence-corrected chi connectivity index (χ0v) is 20.1. The zero-order chi connectivity index (χ0) is 18.2. The van der Waals surface area contributed by atoms with Crippen molar-refractivity contribution in [1.82, 2.24) is 20.5 Å². The van der Waals surface area contributed by atoms with Crippen LogP contribution >= 0.6 is 46.7 Å². The maximum Gasteiger partial charge on any atom is 0.191 e. The van der Waals surface area contributed by atoms with Crippen LogP contribution in [-0.4, -0.2) is 49.1 Å². The van der Waals surface area contributed by atoms with Crippen LogP contribution in [0.2, 0.25) is 0 Å². The molecule has 2 N–H and O–H groups in total. The molecule has 3 heterocycles. The molecule has 3 rings (SSSR count). The third-order valence-corrected chi connectivity index (χ3v) is 6.48. The van der Waals surface area contributed by atoms with Gasteiger partial charge >= 0.3 is 0 Å². The number of rotatable bonds is 7. The molecule has 1 aliphatic rings. The minimum absolute atomic E-state index is 0. The molecular weight excluding hydrogens is 489 g/mol. The van der Waals surface area contributed by atoms with Crippen LogP contribution in [0.3, 0.4) is 0 Å². The second kappa shape index (κ2) is 12.0. The largest absolute Gasteiger partial charge is 0.356 e. The number of thiazole rings is 1. The van der Waals surface area contributed by atoms with Crippen molar-refractivity contribution in [1.29, 1.82) is 0 Å². The van der Waals surface area contributed by atoms with E-state index in [-0.39, 0.29) is 24.0 Å². The van der Waals surface area contributed by atoms with Gasteiger partial charge in [0.1, 0.15) is 0 Å². The summed E-state index contributed by atoms with van der Waals surface area (Å²) in [6, 6.07) is 4.38. The van der Waals surface area contributed by atoms with Crippen LogP contribution in [0.1, 0.15) is 27.6 Å². The molecule has 1 fully saturated rings. The van der Waals surface area contributed by atoms with Crippen LogP contribution in [-0.2, 0) is 13.0 Å². The Morgan fingerprint density at radius 3 is 3.00 bits per heavy atom.